The minimum atomic E-state index is -0.257. The number of hydrogen-bond acceptors (Lipinski definition) is 5. The molecule has 7 heteroatoms. The number of carbonyl (C=O) groups is 1. The van der Waals surface area contributed by atoms with Gasteiger partial charge >= 0.3 is 0 Å². The zero-order valence-corrected chi connectivity index (χ0v) is 11.8. The number of para-hydroxylation sites is 2. The van der Waals surface area contributed by atoms with Crippen LogP contribution in [-0.4, -0.2) is 32.8 Å². The number of nitrogens with zero attached hydrogens (tertiary/aromatic N) is 4. The number of carbonyl (C=O) groups excluding carboxylic acids is 1. The molecule has 2 heterocycles. The molecule has 0 spiro atoms. The fourth-order valence-corrected chi connectivity index (χ4v) is 1.93. The average Bonchev–Trinajstić information content (AvgIpc) is 3.10. The summed E-state index contributed by atoms with van der Waals surface area (Å²) in [6.45, 7) is 0. The van der Waals surface area contributed by atoms with Crippen LogP contribution < -0.4 is 10.1 Å². The van der Waals surface area contributed by atoms with E-state index in [0.717, 1.165) is 0 Å². The molecule has 3 aromatic rings. The lowest BCUT2D eigenvalue weighted by Crippen LogP contribution is -2.13. The molecule has 0 fully saturated rings. The Morgan fingerprint density at radius 1 is 1.14 bits per heavy atom. The van der Waals surface area contributed by atoms with Gasteiger partial charge < -0.3 is 10.1 Å². The Labute approximate surface area is 126 Å². The van der Waals surface area contributed by atoms with Crippen LogP contribution in [0.3, 0.4) is 0 Å². The van der Waals surface area contributed by atoms with E-state index in [1.54, 1.807) is 35.9 Å². The summed E-state index contributed by atoms with van der Waals surface area (Å²) in [4.78, 5) is 16.5. The van der Waals surface area contributed by atoms with Gasteiger partial charge in [0.25, 0.3) is 5.91 Å². The predicted octanol–water partition coefficient (Wildman–Crippen LogP) is 1.92. The summed E-state index contributed by atoms with van der Waals surface area (Å²) < 4.78 is 6.86. The second kappa shape index (κ2) is 6.04. The first kappa shape index (κ1) is 13.7. The Balaban J connectivity index is 1.78. The normalized spacial score (nSPS) is 10.2. The highest BCUT2D eigenvalue weighted by atomic mass is 16.5. The quantitative estimate of drug-likeness (QED) is 0.795. The number of methoxy groups -OCH3 is 1. The lowest BCUT2D eigenvalue weighted by molar-refractivity contribution is 0.102. The first-order chi connectivity index (χ1) is 10.8. The van der Waals surface area contributed by atoms with Gasteiger partial charge in [-0.3, -0.25) is 9.36 Å². The minimum absolute atomic E-state index is 0.257. The first-order valence-electron chi connectivity index (χ1n) is 6.53. The summed E-state index contributed by atoms with van der Waals surface area (Å²) in [7, 11) is 1.56. The number of benzene rings is 1. The van der Waals surface area contributed by atoms with Crippen LogP contribution in [-0.2, 0) is 0 Å². The standard InChI is InChI=1S/C15H13N5O2/c1-22-13-5-3-2-4-12(13)19-15(21)11-6-7-14(16-8-11)20-9-17-18-10-20/h2-10H,1H3,(H,19,21). The fraction of sp³-hybridized carbons (Fsp3) is 0.0667. The van der Waals surface area contributed by atoms with Gasteiger partial charge in [0.15, 0.2) is 0 Å². The van der Waals surface area contributed by atoms with Crippen molar-refractivity contribution in [2.75, 3.05) is 12.4 Å². The molecule has 22 heavy (non-hydrogen) atoms. The van der Waals surface area contributed by atoms with Crippen molar-refractivity contribution in [3.05, 3.63) is 60.8 Å². The van der Waals surface area contributed by atoms with E-state index in [1.165, 1.54) is 18.9 Å². The minimum Gasteiger partial charge on any atom is -0.495 e. The van der Waals surface area contributed by atoms with Gasteiger partial charge in [0.05, 0.1) is 18.4 Å². The highest BCUT2D eigenvalue weighted by Gasteiger charge is 2.10. The van der Waals surface area contributed by atoms with Crippen molar-refractivity contribution in [1.82, 2.24) is 19.7 Å². The van der Waals surface area contributed by atoms with Gasteiger partial charge in [-0.15, -0.1) is 10.2 Å². The molecule has 110 valence electrons. The van der Waals surface area contributed by atoms with Gasteiger partial charge in [-0.1, -0.05) is 12.1 Å². The molecule has 1 amide bonds. The van der Waals surface area contributed by atoms with E-state index in [2.05, 4.69) is 20.5 Å². The van der Waals surface area contributed by atoms with Gasteiger partial charge in [0.1, 0.15) is 24.2 Å². The molecule has 3 rings (SSSR count). The summed E-state index contributed by atoms with van der Waals surface area (Å²) in [6.07, 6.45) is 4.58. The van der Waals surface area contributed by atoms with E-state index in [1.807, 2.05) is 12.1 Å². The Hall–Kier alpha value is -3.22. The largest absolute Gasteiger partial charge is 0.495 e. The number of anilines is 1. The lowest BCUT2D eigenvalue weighted by atomic mass is 10.2. The number of nitrogens with one attached hydrogen (secondary N) is 1. The van der Waals surface area contributed by atoms with Crippen LogP contribution in [0.2, 0.25) is 0 Å². The number of hydrogen-bond donors (Lipinski definition) is 1. The summed E-state index contributed by atoms with van der Waals surface area (Å²) >= 11 is 0. The third kappa shape index (κ3) is 2.78. The number of pyridine rings is 1. The van der Waals surface area contributed by atoms with Gasteiger partial charge in [-0.25, -0.2) is 4.98 Å². The molecule has 0 aliphatic carbocycles. The molecule has 0 aliphatic rings. The number of rotatable bonds is 4. The first-order valence-corrected chi connectivity index (χ1v) is 6.53. The molecule has 0 bridgehead atoms. The van der Waals surface area contributed by atoms with E-state index in [-0.39, 0.29) is 5.91 Å². The highest BCUT2D eigenvalue weighted by Crippen LogP contribution is 2.23. The zero-order chi connectivity index (χ0) is 15.4. The Morgan fingerprint density at radius 3 is 2.59 bits per heavy atom. The second-order valence-electron chi connectivity index (χ2n) is 4.43. The topological polar surface area (TPSA) is 81.9 Å². The summed E-state index contributed by atoms with van der Waals surface area (Å²) in [5, 5.41) is 10.2. The molecule has 7 nitrogen and oxygen atoms in total. The van der Waals surface area contributed by atoms with Crippen molar-refractivity contribution in [2.24, 2.45) is 0 Å². The zero-order valence-electron chi connectivity index (χ0n) is 11.8. The maximum absolute atomic E-state index is 12.2. The molecule has 1 N–H and O–H groups in total. The smallest absolute Gasteiger partial charge is 0.257 e. The monoisotopic (exact) mass is 295 g/mol. The van der Waals surface area contributed by atoms with Gasteiger partial charge in [0.2, 0.25) is 0 Å². The van der Waals surface area contributed by atoms with Crippen molar-refractivity contribution < 1.29 is 9.53 Å². The van der Waals surface area contributed by atoms with Gasteiger partial charge in [-0.05, 0) is 24.3 Å². The van der Waals surface area contributed by atoms with Crippen LogP contribution in [0, 0.1) is 0 Å². The van der Waals surface area contributed by atoms with Crippen molar-refractivity contribution in [1.29, 1.82) is 0 Å². The van der Waals surface area contributed by atoms with Gasteiger partial charge in [-0.2, -0.15) is 0 Å². The molecule has 0 saturated heterocycles. The molecular weight excluding hydrogens is 282 g/mol. The van der Waals surface area contributed by atoms with Crippen LogP contribution in [0.1, 0.15) is 10.4 Å². The van der Waals surface area contributed by atoms with E-state index in [4.69, 9.17) is 4.74 Å². The van der Waals surface area contributed by atoms with Crippen LogP contribution in [0.25, 0.3) is 5.82 Å². The van der Waals surface area contributed by atoms with Crippen LogP contribution in [0.4, 0.5) is 5.69 Å². The van der Waals surface area contributed by atoms with Crippen LogP contribution >= 0.6 is 0 Å². The summed E-state index contributed by atoms with van der Waals surface area (Å²) in [5.74, 6) is 0.982. The Bertz CT molecular complexity index is 769. The third-order valence-corrected chi connectivity index (χ3v) is 3.05. The summed E-state index contributed by atoms with van der Waals surface area (Å²) in [6, 6.07) is 10.6. The maximum atomic E-state index is 12.2. The maximum Gasteiger partial charge on any atom is 0.257 e. The van der Waals surface area contributed by atoms with Crippen molar-refractivity contribution in [3.63, 3.8) is 0 Å². The predicted molar refractivity (Wildman–Crippen MR) is 80.1 cm³/mol. The fourth-order valence-electron chi connectivity index (χ4n) is 1.93. The molecule has 1 aromatic carbocycles. The highest BCUT2D eigenvalue weighted by molar-refractivity contribution is 6.04. The lowest BCUT2D eigenvalue weighted by Gasteiger charge is -2.09. The summed E-state index contributed by atoms with van der Waals surface area (Å²) in [5.41, 5.74) is 1.06. The van der Waals surface area contributed by atoms with E-state index in [9.17, 15) is 4.79 Å². The number of ether oxygens (including phenoxy) is 1. The van der Waals surface area contributed by atoms with Crippen molar-refractivity contribution in [2.45, 2.75) is 0 Å². The third-order valence-electron chi connectivity index (χ3n) is 3.05. The van der Waals surface area contributed by atoms with E-state index in [0.29, 0.717) is 22.8 Å². The van der Waals surface area contributed by atoms with Crippen molar-refractivity contribution >= 4 is 11.6 Å². The SMILES string of the molecule is COc1ccccc1NC(=O)c1ccc(-n2cnnc2)nc1. The number of amides is 1. The molecule has 0 atom stereocenters. The number of aromatic nitrogens is 4. The van der Waals surface area contributed by atoms with E-state index >= 15 is 0 Å². The average molecular weight is 295 g/mol. The van der Waals surface area contributed by atoms with Crippen molar-refractivity contribution in [3.8, 4) is 11.6 Å². The Kier molecular flexibility index (Phi) is 3.78. The molecule has 0 unspecified atom stereocenters. The van der Waals surface area contributed by atoms with E-state index < -0.39 is 0 Å². The van der Waals surface area contributed by atoms with Crippen LogP contribution in [0.15, 0.2) is 55.2 Å². The second-order valence-corrected chi connectivity index (χ2v) is 4.43. The molecule has 0 saturated carbocycles. The van der Waals surface area contributed by atoms with Gasteiger partial charge in [0, 0.05) is 6.20 Å². The molecular formula is C15H13N5O2. The molecule has 0 radical (unpaired) electrons. The van der Waals surface area contributed by atoms with Crippen LogP contribution in [0.5, 0.6) is 5.75 Å². The Morgan fingerprint density at radius 2 is 1.91 bits per heavy atom. The molecule has 0 aliphatic heterocycles. The molecule has 2 aromatic heterocycles.